The zero-order valence-electron chi connectivity index (χ0n) is 14.7. The second kappa shape index (κ2) is 6.72. The van der Waals surface area contributed by atoms with Gasteiger partial charge in [-0.25, -0.2) is 0 Å². The Labute approximate surface area is 135 Å². The predicted molar refractivity (Wildman–Crippen MR) is 93.4 cm³/mol. The normalized spacial score (nSPS) is 16.3. The molecule has 1 amide bonds. The summed E-state index contributed by atoms with van der Waals surface area (Å²) in [6.07, 6.45) is 0.635. The summed E-state index contributed by atoms with van der Waals surface area (Å²) in [4.78, 5) is 16.7. The zero-order valence-corrected chi connectivity index (χ0v) is 14.7. The Morgan fingerprint density at radius 1 is 1.05 bits per heavy atom. The lowest BCUT2D eigenvalue weighted by Crippen LogP contribution is -2.49. The average molecular weight is 302 g/mol. The molecule has 0 bridgehead atoms. The lowest BCUT2D eigenvalue weighted by molar-refractivity contribution is -0.133. The molecule has 1 aliphatic heterocycles. The van der Waals surface area contributed by atoms with Crippen LogP contribution in [0.2, 0.25) is 0 Å². The summed E-state index contributed by atoms with van der Waals surface area (Å²) in [6.45, 7) is 14.3. The van der Waals surface area contributed by atoms with Gasteiger partial charge in [0.05, 0.1) is 0 Å². The largest absolute Gasteiger partial charge is 0.368 e. The topological polar surface area (TPSA) is 23.6 Å². The van der Waals surface area contributed by atoms with Gasteiger partial charge in [-0.15, -0.1) is 0 Å². The van der Waals surface area contributed by atoms with E-state index in [4.69, 9.17) is 0 Å². The highest BCUT2D eigenvalue weighted by molar-refractivity contribution is 5.77. The maximum Gasteiger partial charge on any atom is 0.223 e. The minimum absolute atomic E-state index is 0.0703. The van der Waals surface area contributed by atoms with Crippen LogP contribution in [0.4, 0.5) is 5.69 Å². The highest BCUT2D eigenvalue weighted by Gasteiger charge is 2.24. The summed E-state index contributed by atoms with van der Waals surface area (Å²) >= 11 is 0. The van der Waals surface area contributed by atoms with Crippen molar-refractivity contribution in [2.24, 2.45) is 5.41 Å². The summed E-state index contributed by atoms with van der Waals surface area (Å²) < 4.78 is 0. The molecule has 2 rings (SSSR count). The van der Waals surface area contributed by atoms with Gasteiger partial charge in [-0.1, -0.05) is 46.8 Å². The number of carbonyl (C=O) groups is 1. The van der Waals surface area contributed by atoms with Gasteiger partial charge in [0.1, 0.15) is 0 Å². The molecule has 1 saturated heterocycles. The third-order valence-electron chi connectivity index (χ3n) is 4.24. The first kappa shape index (κ1) is 16.9. The standard InChI is InChI=1S/C19H30N2O/c1-15(2)16-6-8-17(9-7-16)20-10-12-21(13-11-20)18(22)14-19(3,4)5/h6-9,15H,10-14H2,1-5H3. The van der Waals surface area contributed by atoms with Gasteiger partial charge < -0.3 is 9.80 Å². The van der Waals surface area contributed by atoms with Crippen LogP contribution in [0.5, 0.6) is 0 Å². The second-order valence-corrected chi connectivity index (χ2v) is 7.85. The van der Waals surface area contributed by atoms with Crippen LogP contribution in [0, 0.1) is 5.41 Å². The fourth-order valence-electron chi connectivity index (χ4n) is 2.85. The summed E-state index contributed by atoms with van der Waals surface area (Å²) in [5.41, 5.74) is 2.72. The smallest absolute Gasteiger partial charge is 0.223 e. The Balaban J connectivity index is 1.90. The fourth-order valence-corrected chi connectivity index (χ4v) is 2.85. The predicted octanol–water partition coefficient (Wildman–Crippen LogP) is 3.89. The third kappa shape index (κ3) is 4.49. The Hall–Kier alpha value is -1.51. The molecule has 122 valence electrons. The highest BCUT2D eigenvalue weighted by atomic mass is 16.2. The Kier molecular flexibility index (Phi) is 5.15. The van der Waals surface area contributed by atoms with Crippen LogP contribution in [0.1, 0.15) is 52.5 Å². The minimum Gasteiger partial charge on any atom is -0.368 e. The number of nitrogens with zero attached hydrogens (tertiary/aromatic N) is 2. The molecule has 0 spiro atoms. The van der Waals surface area contributed by atoms with E-state index in [0.717, 1.165) is 26.2 Å². The molecule has 0 aromatic heterocycles. The summed E-state index contributed by atoms with van der Waals surface area (Å²) in [6, 6.07) is 8.86. The van der Waals surface area contributed by atoms with Crippen molar-refractivity contribution in [1.29, 1.82) is 0 Å². The number of hydrogen-bond donors (Lipinski definition) is 0. The second-order valence-electron chi connectivity index (χ2n) is 7.85. The fraction of sp³-hybridized carbons (Fsp3) is 0.632. The van der Waals surface area contributed by atoms with Gasteiger partial charge in [-0.05, 0) is 29.0 Å². The quantitative estimate of drug-likeness (QED) is 0.845. The maximum atomic E-state index is 12.3. The average Bonchev–Trinajstić information content (AvgIpc) is 2.46. The first-order valence-corrected chi connectivity index (χ1v) is 8.39. The van der Waals surface area contributed by atoms with Crippen molar-refractivity contribution in [3.8, 4) is 0 Å². The first-order valence-electron chi connectivity index (χ1n) is 8.39. The van der Waals surface area contributed by atoms with E-state index in [0.29, 0.717) is 18.2 Å². The highest BCUT2D eigenvalue weighted by Crippen LogP contribution is 2.23. The van der Waals surface area contributed by atoms with E-state index in [-0.39, 0.29) is 5.41 Å². The number of hydrogen-bond acceptors (Lipinski definition) is 2. The first-order chi connectivity index (χ1) is 10.3. The van der Waals surface area contributed by atoms with Crippen LogP contribution in [0.25, 0.3) is 0 Å². The van der Waals surface area contributed by atoms with Gasteiger partial charge in [0.15, 0.2) is 0 Å². The maximum absolute atomic E-state index is 12.3. The number of amides is 1. The molecule has 1 aliphatic rings. The number of carbonyl (C=O) groups excluding carboxylic acids is 1. The van der Waals surface area contributed by atoms with Crippen molar-refractivity contribution >= 4 is 11.6 Å². The molecule has 0 saturated carbocycles. The van der Waals surface area contributed by atoms with Crippen molar-refractivity contribution in [3.05, 3.63) is 29.8 Å². The summed E-state index contributed by atoms with van der Waals surface area (Å²) in [7, 11) is 0. The van der Waals surface area contributed by atoms with Gasteiger partial charge in [0.2, 0.25) is 5.91 Å². The molecule has 1 aromatic rings. The van der Waals surface area contributed by atoms with Crippen molar-refractivity contribution in [2.75, 3.05) is 31.1 Å². The lowest BCUT2D eigenvalue weighted by Gasteiger charge is -2.37. The van der Waals surface area contributed by atoms with Crippen LogP contribution in [-0.2, 0) is 4.79 Å². The van der Waals surface area contributed by atoms with Crippen molar-refractivity contribution in [1.82, 2.24) is 4.90 Å². The van der Waals surface area contributed by atoms with E-state index >= 15 is 0 Å². The van der Waals surface area contributed by atoms with Crippen LogP contribution in [0.15, 0.2) is 24.3 Å². The Morgan fingerprint density at radius 3 is 2.05 bits per heavy atom. The molecule has 1 heterocycles. The number of piperazine rings is 1. The molecule has 3 nitrogen and oxygen atoms in total. The van der Waals surface area contributed by atoms with Crippen molar-refractivity contribution in [2.45, 2.75) is 47.0 Å². The molecule has 1 fully saturated rings. The minimum atomic E-state index is 0.0703. The molecular weight excluding hydrogens is 272 g/mol. The summed E-state index contributed by atoms with van der Waals surface area (Å²) in [5, 5.41) is 0. The van der Waals surface area contributed by atoms with E-state index in [1.165, 1.54) is 11.3 Å². The van der Waals surface area contributed by atoms with E-state index < -0.39 is 0 Å². The van der Waals surface area contributed by atoms with Gasteiger partial charge in [-0.3, -0.25) is 4.79 Å². The van der Waals surface area contributed by atoms with Crippen LogP contribution in [0.3, 0.4) is 0 Å². The molecule has 0 atom stereocenters. The molecule has 3 heteroatoms. The molecule has 0 radical (unpaired) electrons. The molecule has 0 N–H and O–H groups in total. The third-order valence-corrected chi connectivity index (χ3v) is 4.24. The van der Waals surface area contributed by atoms with Gasteiger partial charge in [0.25, 0.3) is 0 Å². The molecule has 1 aromatic carbocycles. The monoisotopic (exact) mass is 302 g/mol. The van der Waals surface area contributed by atoms with E-state index in [1.807, 2.05) is 4.90 Å². The van der Waals surface area contributed by atoms with Gasteiger partial charge in [-0.2, -0.15) is 0 Å². The Morgan fingerprint density at radius 2 is 1.59 bits per heavy atom. The molecule has 0 unspecified atom stereocenters. The summed E-state index contributed by atoms with van der Waals surface area (Å²) in [5.74, 6) is 0.864. The van der Waals surface area contributed by atoms with E-state index in [1.54, 1.807) is 0 Å². The SMILES string of the molecule is CC(C)c1ccc(N2CCN(C(=O)CC(C)(C)C)CC2)cc1. The lowest BCUT2D eigenvalue weighted by atomic mass is 9.91. The molecule has 22 heavy (non-hydrogen) atoms. The van der Waals surface area contributed by atoms with Crippen molar-refractivity contribution in [3.63, 3.8) is 0 Å². The number of benzene rings is 1. The van der Waals surface area contributed by atoms with E-state index in [9.17, 15) is 4.79 Å². The number of anilines is 1. The van der Waals surface area contributed by atoms with Crippen molar-refractivity contribution < 1.29 is 4.79 Å². The number of rotatable bonds is 3. The molecular formula is C19H30N2O. The van der Waals surface area contributed by atoms with E-state index in [2.05, 4.69) is 63.8 Å². The van der Waals surface area contributed by atoms with Gasteiger partial charge >= 0.3 is 0 Å². The van der Waals surface area contributed by atoms with Gasteiger partial charge in [0, 0.05) is 38.3 Å². The van der Waals surface area contributed by atoms with Crippen LogP contribution < -0.4 is 4.90 Å². The Bertz CT molecular complexity index is 491. The van der Waals surface area contributed by atoms with Crippen LogP contribution in [-0.4, -0.2) is 37.0 Å². The molecule has 0 aliphatic carbocycles. The van der Waals surface area contributed by atoms with Crippen LogP contribution >= 0.6 is 0 Å². The zero-order chi connectivity index (χ0) is 16.3.